The Morgan fingerprint density at radius 2 is 1.70 bits per heavy atom. The molecule has 0 radical (unpaired) electrons. The molecule has 0 saturated heterocycles. The van der Waals surface area contributed by atoms with E-state index < -0.39 is 0 Å². The normalized spacial score (nSPS) is 18.2. The van der Waals surface area contributed by atoms with E-state index in [2.05, 4.69) is 45.0 Å². The van der Waals surface area contributed by atoms with E-state index in [4.69, 9.17) is 9.47 Å². The molecule has 1 unspecified atom stereocenters. The average Bonchev–Trinajstić information content (AvgIpc) is 2.48. The monoisotopic (exact) mass is 276 g/mol. The van der Waals surface area contributed by atoms with Crippen molar-refractivity contribution in [3.05, 3.63) is 29.8 Å². The van der Waals surface area contributed by atoms with E-state index >= 15 is 0 Å². The topological polar surface area (TPSA) is 18.5 Å². The van der Waals surface area contributed by atoms with E-state index in [-0.39, 0.29) is 6.29 Å². The van der Waals surface area contributed by atoms with Crippen LogP contribution in [0, 0.1) is 5.92 Å². The molecular weight excluding hydrogens is 248 g/mol. The predicted molar refractivity (Wildman–Crippen MR) is 83.0 cm³/mol. The van der Waals surface area contributed by atoms with Gasteiger partial charge in [0.15, 0.2) is 0 Å². The van der Waals surface area contributed by atoms with Gasteiger partial charge in [-0.25, -0.2) is 0 Å². The van der Waals surface area contributed by atoms with Crippen LogP contribution in [0.25, 0.3) is 0 Å². The first-order chi connectivity index (χ1) is 9.69. The molecule has 0 aliphatic heterocycles. The van der Waals surface area contributed by atoms with E-state index in [0.717, 1.165) is 12.2 Å². The van der Waals surface area contributed by atoms with Crippen LogP contribution in [-0.2, 0) is 11.2 Å². The molecule has 20 heavy (non-hydrogen) atoms. The molecule has 1 saturated carbocycles. The van der Waals surface area contributed by atoms with E-state index in [1.165, 1.54) is 37.7 Å². The lowest BCUT2D eigenvalue weighted by Gasteiger charge is -2.30. The lowest BCUT2D eigenvalue weighted by Crippen LogP contribution is -2.32. The summed E-state index contributed by atoms with van der Waals surface area (Å²) in [4.78, 5) is 0. The Kier molecular flexibility index (Phi) is 5.90. The summed E-state index contributed by atoms with van der Waals surface area (Å²) in [5, 5.41) is 0. The van der Waals surface area contributed by atoms with Crippen molar-refractivity contribution in [2.24, 2.45) is 5.92 Å². The average molecular weight is 276 g/mol. The van der Waals surface area contributed by atoms with E-state index in [0.29, 0.717) is 12.0 Å². The Balaban J connectivity index is 1.93. The second-order valence-electron chi connectivity index (χ2n) is 6.12. The first-order valence-corrected chi connectivity index (χ1v) is 8.10. The van der Waals surface area contributed by atoms with Gasteiger partial charge >= 0.3 is 0 Å². The lowest BCUT2D eigenvalue weighted by molar-refractivity contribution is -0.150. The van der Waals surface area contributed by atoms with Crippen molar-refractivity contribution in [3.63, 3.8) is 0 Å². The summed E-state index contributed by atoms with van der Waals surface area (Å²) in [7, 11) is 0. The van der Waals surface area contributed by atoms with Crippen LogP contribution in [0.1, 0.15) is 58.4 Å². The van der Waals surface area contributed by atoms with Crippen molar-refractivity contribution in [2.75, 3.05) is 0 Å². The molecular formula is C18H28O2. The zero-order valence-corrected chi connectivity index (χ0v) is 13.1. The lowest BCUT2D eigenvalue weighted by atomic mass is 9.97. The van der Waals surface area contributed by atoms with Crippen molar-refractivity contribution in [1.82, 2.24) is 0 Å². The van der Waals surface area contributed by atoms with Gasteiger partial charge in [0.1, 0.15) is 5.75 Å². The van der Waals surface area contributed by atoms with Gasteiger partial charge in [0.05, 0.1) is 6.10 Å². The third-order valence-electron chi connectivity index (χ3n) is 4.01. The minimum absolute atomic E-state index is 0.134. The number of rotatable bonds is 6. The number of hydrogen-bond donors (Lipinski definition) is 0. The van der Waals surface area contributed by atoms with Crippen molar-refractivity contribution in [2.45, 2.75) is 71.7 Å². The molecule has 1 aromatic rings. The highest BCUT2D eigenvalue weighted by Gasteiger charge is 2.22. The van der Waals surface area contributed by atoms with Crippen molar-refractivity contribution >= 4 is 0 Å². The van der Waals surface area contributed by atoms with E-state index in [9.17, 15) is 0 Å². The summed E-state index contributed by atoms with van der Waals surface area (Å²) >= 11 is 0. The Labute approximate surface area is 123 Å². The van der Waals surface area contributed by atoms with Crippen LogP contribution in [0.2, 0.25) is 0 Å². The van der Waals surface area contributed by atoms with Crippen LogP contribution < -0.4 is 4.74 Å². The molecule has 0 spiro atoms. The third kappa shape index (κ3) is 4.52. The highest BCUT2D eigenvalue weighted by Crippen LogP contribution is 2.25. The number of hydrogen-bond acceptors (Lipinski definition) is 2. The standard InChI is InChI=1S/C18H28O2/c1-4-15-10-12-17(13-11-15)20-18(14(2)3)19-16-8-6-5-7-9-16/h10-14,16,18H,4-9H2,1-3H3. The molecule has 1 aliphatic carbocycles. The van der Waals surface area contributed by atoms with Gasteiger partial charge in [-0.15, -0.1) is 0 Å². The molecule has 0 amide bonds. The van der Waals surface area contributed by atoms with Crippen molar-refractivity contribution in [1.29, 1.82) is 0 Å². The first kappa shape index (κ1) is 15.4. The molecule has 1 aromatic carbocycles. The van der Waals surface area contributed by atoms with Crippen LogP contribution >= 0.6 is 0 Å². The third-order valence-corrected chi connectivity index (χ3v) is 4.01. The SMILES string of the molecule is CCc1ccc(OC(OC2CCCCC2)C(C)C)cc1. The minimum Gasteiger partial charge on any atom is -0.465 e. The van der Waals surface area contributed by atoms with E-state index in [1.807, 2.05) is 0 Å². The fraction of sp³-hybridized carbons (Fsp3) is 0.667. The number of ether oxygens (including phenoxy) is 2. The fourth-order valence-corrected chi connectivity index (χ4v) is 2.65. The number of aryl methyl sites for hydroxylation is 1. The molecule has 112 valence electrons. The maximum absolute atomic E-state index is 6.19. The Morgan fingerprint density at radius 3 is 2.25 bits per heavy atom. The summed E-state index contributed by atoms with van der Waals surface area (Å²) in [6, 6.07) is 8.37. The maximum atomic E-state index is 6.19. The molecule has 1 aliphatic rings. The van der Waals surface area contributed by atoms with Crippen LogP contribution in [0.15, 0.2) is 24.3 Å². The Hall–Kier alpha value is -1.02. The van der Waals surface area contributed by atoms with E-state index in [1.54, 1.807) is 0 Å². The van der Waals surface area contributed by atoms with Gasteiger partial charge in [-0.1, -0.05) is 52.2 Å². The smallest absolute Gasteiger partial charge is 0.202 e. The minimum atomic E-state index is -0.134. The molecule has 0 N–H and O–H groups in total. The molecule has 0 heterocycles. The highest BCUT2D eigenvalue weighted by molar-refractivity contribution is 5.27. The Bertz CT molecular complexity index is 377. The van der Waals surface area contributed by atoms with Gasteiger partial charge in [-0.3, -0.25) is 0 Å². The predicted octanol–water partition coefficient (Wildman–Crippen LogP) is 4.96. The fourth-order valence-electron chi connectivity index (χ4n) is 2.65. The first-order valence-electron chi connectivity index (χ1n) is 8.10. The van der Waals surface area contributed by atoms with Crippen LogP contribution in [-0.4, -0.2) is 12.4 Å². The van der Waals surface area contributed by atoms with Crippen molar-refractivity contribution in [3.8, 4) is 5.75 Å². The summed E-state index contributed by atoms with van der Waals surface area (Å²) in [5.41, 5.74) is 1.34. The molecule has 2 nitrogen and oxygen atoms in total. The molecule has 0 bridgehead atoms. The molecule has 1 fully saturated rings. The summed E-state index contributed by atoms with van der Waals surface area (Å²) < 4.78 is 12.2. The van der Waals surface area contributed by atoms with Gasteiger partial charge in [0, 0.05) is 5.92 Å². The zero-order valence-electron chi connectivity index (χ0n) is 13.1. The second-order valence-corrected chi connectivity index (χ2v) is 6.12. The molecule has 2 heteroatoms. The number of benzene rings is 1. The summed E-state index contributed by atoms with van der Waals surface area (Å²) in [6.45, 7) is 6.49. The molecule has 1 atom stereocenters. The van der Waals surface area contributed by atoms with Crippen LogP contribution in [0.5, 0.6) is 5.75 Å². The van der Waals surface area contributed by atoms with Crippen LogP contribution in [0.3, 0.4) is 0 Å². The van der Waals surface area contributed by atoms with Gasteiger partial charge in [0.25, 0.3) is 0 Å². The summed E-state index contributed by atoms with van der Waals surface area (Å²) in [6.07, 6.45) is 7.61. The molecule has 0 aromatic heterocycles. The van der Waals surface area contributed by atoms with Gasteiger partial charge < -0.3 is 9.47 Å². The highest BCUT2D eigenvalue weighted by atomic mass is 16.7. The van der Waals surface area contributed by atoms with Crippen molar-refractivity contribution < 1.29 is 9.47 Å². The Morgan fingerprint density at radius 1 is 1.05 bits per heavy atom. The quantitative estimate of drug-likeness (QED) is 0.684. The van der Waals surface area contributed by atoms with Gasteiger partial charge in [0.2, 0.25) is 6.29 Å². The van der Waals surface area contributed by atoms with Gasteiger partial charge in [-0.05, 0) is 37.0 Å². The summed E-state index contributed by atoms with van der Waals surface area (Å²) in [5.74, 6) is 1.28. The zero-order chi connectivity index (χ0) is 14.4. The molecule has 2 rings (SSSR count). The second kappa shape index (κ2) is 7.68. The largest absolute Gasteiger partial charge is 0.465 e. The van der Waals surface area contributed by atoms with Crippen LogP contribution in [0.4, 0.5) is 0 Å². The maximum Gasteiger partial charge on any atom is 0.202 e. The van der Waals surface area contributed by atoms with Gasteiger partial charge in [-0.2, -0.15) is 0 Å².